The van der Waals surface area contributed by atoms with Crippen LogP contribution in [0.2, 0.25) is 0 Å². The van der Waals surface area contributed by atoms with Crippen molar-refractivity contribution in [2.75, 3.05) is 20.1 Å². The number of hydrogen-bond donors (Lipinski definition) is 0. The Bertz CT molecular complexity index is 1290. The van der Waals surface area contributed by atoms with Gasteiger partial charge in [-0.15, -0.1) is 0 Å². The monoisotopic (exact) mass is 539 g/mol. The van der Waals surface area contributed by atoms with E-state index >= 15 is 0 Å². The number of rotatable bonds is 7. The lowest BCUT2D eigenvalue weighted by molar-refractivity contribution is -0.130. The van der Waals surface area contributed by atoms with E-state index in [1.807, 2.05) is 85.8 Å². The van der Waals surface area contributed by atoms with E-state index in [9.17, 15) is 14.4 Å². The fourth-order valence-corrected chi connectivity index (χ4v) is 6.07. The summed E-state index contributed by atoms with van der Waals surface area (Å²) >= 11 is 0. The molecule has 0 N–H and O–H groups in total. The van der Waals surface area contributed by atoms with Gasteiger partial charge in [-0.25, -0.2) is 9.59 Å². The van der Waals surface area contributed by atoms with Gasteiger partial charge in [-0.1, -0.05) is 91.0 Å². The van der Waals surface area contributed by atoms with Gasteiger partial charge in [0.05, 0.1) is 12.1 Å². The zero-order valence-corrected chi connectivity index (χ0v) is 23.2. The summed E-state index contributed by atoms with van der Waals surface area (Å²) < 4.78 is 5.55. The van der Waals surface area contributed by atoms with Crippen LogP contribution in [0.5, 0.6) is 0 Å². The highest BCUT2D eigenvalue weighted by molar-refractivity contribution is 5.97. The summed E-state index contributed by atoms with van der Waals surface area (Å²) in [7, 11) is 1.76. The highest BCUT2D eigenvalue weighted by Gasteiger charge is 2.46. The number of likely N-dealkylation sites (N-methyl/N-ethyl adjacent to an activating group) is 1. The summed E-state index contributed by atoms with van der Waals surface area (Å²) in [6.07, 6.45) is 1.46. The molecule has 2 heterocycles. The first-order valence-electron chi connectivity index (χ1n) is 14.1. The molecule has 0 radical (unpaired) electrons. The van der Waals surface area contributed by atoms with Crippen LogP contribution in [0.4, 0.5) is 9.59 Å². The topological polar surface area (TPSA) is 70.2 Å². The number of carbonyl (C=O) groups is 3. The van der Waals surface area contributed by atoms with Gasteiger partial charge in [0.2, 0.25) is 5.91 Å². The van der Waals surface area contributed by atoms with E-state index in [1.165, 1.54) is 4.90 Å². The van der Waals surface area contributed by atoms with Gasteiger partial charge in [-0.05, 0) is 48.3 Å². The number of piperidine rings is 1. The van der Waals surface area contributed by atoms with Crippen LogP contribution in [0.1, 0.15) is 54.8 Å². The van der Waals surface area contributed by atoms with E-state index < -0.39 is 0 Å². The van der Waals surface area contributed by atoms with Gasteiger partial charge in [-0.2, -0.15) is 0 Å². The number of ether oxygens (including phenoxy) is 1. The van der Waals surface area contributed by atoms with Crippen LogP contribution < -0.4 is 0 Å². The number of likely N-dealkylation sites (tertiary alicyclic amines) is 1. The molecule has 208 valence electrons. The molecule has 2 aliphatic heterocycles. The molecule has 0 aromatic heterocycles. The standard InChI is InChI=1S/C33H37N3O4/c1-24-31(28-16-10-5-11-17-28)36(32(38)34(24)2)30(37)22-29(26-14-8-4-9-15-26)27-18-20-35(21-19-27)33(39)40-23-25-12-6-3-7-13-25/h3-17,24,27,29,31H,18-23H2,1-2H3. The molecule has 3 aromatic carbocycles. The van der Waals surface area contributed by atoms with E-state index in [-0.39, 0.29) is 55.0 Å². The summed E-state index contributed by atoms with van der Waals surface area (Å²) in [5.41, 5.74) is 3.00. The predicted molar refractivity (Wildman–Crippen MR) is 153 cm³/mol. The van der Waals surface area contributed by atoms with Gasteiger partial charge >= 0.3 is 12.1 Å². The first-order valence-corrected chi connectivity index (χ1v) is 14.1. The SMILES string of the molecule is CC1C(c2ccccc2)N(C(=O)CC(c2ccccc2)C2CCN(C(=O)OCc3ccccc3)CC2)C(=O)N1C. The Morgan fingerprint density at radius 2 is 1.45 bits per heavy atom. The summed E-state index contributed by atoms with van der Waals surface area (Å²) in [4.78, 5) is 44.9. The number of hydrogen-bond acceptors (Lipinski definition) is 4. The number of carbonyl (C=O) groups excluding carboxylic acids is 3. The Kier molecular flexibility index (Phi) is 8.48. The fraction of sp³-hybridized carbons (Fsp3) is 0.364. The Balaban J connectivity index is 1.29. The number of nitrogens with zero attached hydrogens (tertiary/aromatic N) is 3. The van der Waals surface area contributed by atoms with Crippen molar-refractivity contribution < 1.29 is 19.1 Å². The first kappa shape index (κ1) is 27.4. The summed E-state index contributed by atoms with van der Waals surface area (Å²) in [5, 5.41) is 0. The van der Waals surface area contributed by atoms with E-state index in [0.717, 1.165) is 29.5 Å². The zero-order valence-electron chi connectivity index (χ0n) is 23.2. The quantitative estimate of drug-likeness (QED) is 0.357. The van der Waals surface area contributed by atoms with E-state index in [2.05, 4.69) is 12.1 Å². The highest BCUT2D eigenvalue weighted by Crippen LogP contribution is 2.39. The molecule has 0 saturated carbocycles. The number of amides is 4. The minimum absolute atomic E-state index is 0.0541. The summed E-state index contributed by atoms with van der Waals surface area (Å²) in [6.45, 7) is 3.39. The number of benzene rings is 3. The normalized spacial score (nSPS) is 20.4. The molecule has 5 rings (SSSR count). The first-order chi connectivity index (χ1) is 19.4. The van der Waals surface area contributed by atoms with Crippen molar-refractivity contribution in [2.24, 2.45) is 5.92 Å². The van der Waals surface area contributed by atoms with Crippen LogP contribution in [0, 0.1) is 5.92 Å². The number of urea groups is 1. The Labute approximate surface area is 236 Å². The molecule has 4 amide bonds. The van der Waals surface area contributed by atoms with E-state index in [4.69, 9.17) is 4.74 Å². The van der Waals surface area contributed by atoms with Gasteiger partial charge in [-0.3, -0.25) is 9.69 Å². The molecule has 3 aromatic rings. The maximum atomic E-state index is 13.9. The van der Waals surface area contributed by atoms with Crippen molar-refractivity contribution in [3.05, 3.63) is 108 Å². The zero-order chi connectivity index (χ0) is 28.1. The van der Waals surface area contributed by atoms with Crippen LogP contribution in [0.25, 0.3) is 0 Å². The third-order valence-corrected chi connectivity index (χ3v) is 8.46. The van der Waals surface area contributed by atoms with Crippen molar-refractivity contribution in [3.63, 3.8) is 0 Å². The Morgan fingerprint density at radius 1 is 0.875 bits per heavy atom. The second kappa shape index (κ2) is 12.4. The van der Waals surface area contributed by atoms with Crippen LogP contribution in [0.3, 0.4) is 0 Å². The Morgan fingerprint density at radius 3 is 2.08 bits per heavy atom. The van der Waals surface area contributed by atoms with Gasteiger partial charge in [0, 0.05) is 26.6 Å². The van der Waals surface area contributed by atoms with Gasteiger partial charge in [0.1, 0.15) is 6.61 Å². The molecule has 2 saturated heterocycles. The van der Waals surface area contributed by atoms with Crippen molar-refractivity contribution in [2.45, 2.75) is 50.8 Å². The van der Waals surface area contributed by atoms with Crippen molar-refractivity contribution in [1.29, 1.82) is 0 Å². The Hall–Kier alpha value is -4.13. The van der Waals surface area contributed by atoms with E-state index in [0.29, 0.717) is 13.1 Å². The van der Waals surface area contributed by atoms with Gasteiger partial charge < -0.3 is 14.5 Å². The molecule has 7 heteroatoms. The molecule has 0 aliphatic carbocycles. The molecular weight excluding hydrogens is 502 g/mol. The number of imide groups is 1. The predicted octanol–water partition coefficient (Wildman–Crippen LogP) is 6.23. The van der Waals surface area contributed by atoms with E-state index in [1.54, 1.807) is 16.8 Å². The second-order valence-corrected chi connectivity index (χ2v) is 10.8. The van der Waals surface area contributed by atoms with Crippen LogP contribution in [-0.2, 0) is 16.1 Å². The molecule has 0 bridgehead atoms. The molecule has 0 spiro atoms. The maximum Gasteiger partial charge on any atom is 0.410 e. The van der Waals surface area contributed by atoms with Crippen molar-refractivity contribution in [3.8, 4) is 0 Å². The summed E-state index contributed by atoms with van der Waals surface area (Å²) in [5.74, 6) is -0.0113. The largest absolute Gasteiger partial charge is 0.445 e. The van der Waals surface area contributed by atoms with Crippen molar-refractivity contribution >= 4 is 18.0 Å². The van der Waals surface area contributed by atoms with Gasteiger partial charge in [0.25, 0.3) is 0 Å². The lowest BCUT2D eigenvalue weighted by Crippen LogP contribution is -2.41. The van der Waals surface area contributed by atoms with Crippen LogP contribution >= 0.6 is 0 Å². The smallest absolute Gasteiger partial charge is 0.410 e. The van der Waals surface area contributed by atoms with Crippen molar-refractivity contribution in [1.82, 2.24) is 14.7 Å². The molecule has 3 unspecified atom stereocenters. The maximum absolute atomic E-state index is 13.9. The average molecular weight is 540 g/mol. The lowest BCUT2D eigenvalue weighted by atomic mass is 9.78. The molecule has 7 nitrogen and oxygen atoms in total. The highest BCUT2D eigenvalue weighted by atomic mass is 16.6. The third kappa shape index (κ3) is 5.88. The van der Waals surface area contributed by atoms with Crippen LogP contribution in [-0.4, -0.2) is 58.9 Å². The van der Waals surface area contributed by atoms with Gasteiger partial charge in [0.15, 0.2) is 0 Å². The minimum atomic E-state index is -0.330. The summed E-state index contributed by atoms with van der Waals surface area (Å²) in [6, 6.07) is 28.8. The van der Waals surface area contributed by atoms with Crippen LogP contribution in [0.15, 0.2) is 91.0 Å². The fourth-order valence-electron chi connectivity index (χ4n) is 6.07. The third-order valence-electron chi connectivity index (χ3n) is 8.46. The molecule has 2 aliphatic rings. The molecule has 2 fully saturated rings. The second-order valence-electron chi connectivity index (χ2n) is 10.8. The molecule has 3 atom stereocenters. The minimum Gasteiger partial charge on any atom is -0.445 e. The average Bonchev–Trinajstić information content (AvgIpc) is 3.24. The lowest BCUT2D eigenvalue weighted by Gasteiger charge is -2.36. The molecular formula is C33H37N3O4. The molecule has 40 heavy (non-hydrogen) atoms.